The Kier molecular flexibility index (Phi) is 6.44. The number of Topliss-reactive ketones (excluding diaryl/α,β-unsaturated/α-hetero) is 2. The smallest absolute Gasteiger partial charge is 0.168 e. The highest BCUT2D eigenvalue weighted by atomic mass is 16.1. The molecular weight excluding hydrogens is 298 g/mol. The fourth-order valence-electron chi connectivity index (χ4n) is 2.71. The van der Waals surface area contributed by atoms with Crippen LogP contribution in [0, 0.1) is 0 Å². The zero-order valence-electron chi connectivity index (χ0n) is 14.6. The zero-order chi connectivity index (χ0) is 17.4. The number of carbonyl (C=O) groups excluding carboxylic acids is 2. The minimum Gasteiger partial charge on any atom is -0.326 e. The zero-order valence-corrected chi connectivity index (χ0v) is 14.6. The third kappa shape index (κ3) is 5.14. The molecule has 0 saturated heterocycles. The van der Waals surface area contributed by atoms with E-state index in [-0.39, 0.29) is 11.6 Å². The maximum atomic E-state index is 12.3. The number of hydrogen-bond acceptors (Lipinski definition) is 2. The fraction of sp³-hybridized carbons (Fsp3) is 0.333. The van der Waals surface area contributed by atoms with E-state index in [4.69, 9.17) is 0 Å². The van der Waals surface area contributed by atoms with Crippen LogP contribution in [0.3, 0.4) is 0 Å². The van der Waals surface area contributed by atoms with Crippen LogP contribution in [0.15, 0.2) is 60.7 Å². The molecule has 0 aliphatic carbocycles. The predicted octanol–water partition coefficient (Wildman–Crippen LogP) is 4.00. The van der Waals surface area contributed by atoms with E-state index in [9.17, 15) is 9.59 Å². The van der Waals surface area contributed by atoms with Crippen LogP contribution >= 0.6 is 0 Å². The van der Waals surface area contributed by atoms with Crippen LogP contribution in [0.25, 0.3) is 0 Å². The molecule has 2 rings (SSSR count). The highest BCUT2D eigenvalue weighted by Crippen LogP contribution is 2.12. The molecule has 126 valence electrons. The van der Waals surface area contributed by atoms with Crippen LogP contribution in [-0.2, 0) is 0 Å². The summed E-state index contributed by atoms with van der Waals surface area (Å²) >= 11 is 0. The van der Waals surface area contributed by atoms with Gasteiger partial charge in [-0.15, -0.1) is 0 Å². The molecule has 0 atom stereocenters. The Bertz CT molecular complexity index is 609. The molecule has 0 fully saturated rings. The highest BCUT2D eigenvalue weighted by molar-refractivity contribution is 5.96. The average molecular weight is 324 g/mol. The van der Waals surface area contributed by atoms with Gasteiger partial charge < -0.3 is 4.48 Å². The van der Waals surface area contributed by atoms with Crippen molar-refractivity contribution in [2.45, 2.75) is 19.8 Å². The molecule has 0 heterocycles. The fourth-order valence-corrected chi connectivity index (χ4v) is 2.71. The first kappa shape index (κ1) is 18.1. The SMILES string of the molecule is CC[N+](C)(CCC(=O)c1ccccc1)CCC(=O)c1ccccc1. The van der Waals surface area contributed by atoms with E-state index in [1.165, 1.54) is 0 Å². The second-order valence-corrected chi connectivity index (χ2v) is 6.46. The molecule has 0 bridgehead atoms. The normalized spacial score (nSPS) is 11.2. The number of hydrogen-bond donors (Lipinski definition) is 0. The summed E-state index contributed by atoms with van der Waals surface area (Å²) in [6, 6.07) is 18.8. The van der Waals surface area contributed by atoms with E-state index in [2.05, 4.69) is 14.0 Å². The molecule has 0 aliphatic heterocycles. The molecule has 0 spiro atoms. The van der Waals surface area contributed by atoms with Gasteiger partial charge in [0.1, 0.15) is 0 Å². The molecule has 0 radical (unpaired) electrons. The van der Waals surface area contributed by atoms with E-state index < -0.39 is 0 Å². The Hall–Kier alpha value is -2.26. The first-order valence-corrected chi connectivity index (χ1v) is 8.54. The Labute approximate surface area is 144 Å². The van der Waals surface area contributed by atoms with Crippen molar-refractivity contribution in [3.8, 4) is 0 Å². The molecule has 0 amide bonds. The number of rotatable bonds is 9. The lowest BCUT2D eigenvalue weighted by molar-refractivity contribution is -0.906. The van der Waals surface area contributed by atoms with Gasteiger partial charge in [-0.2, -0.15) is 0 Å². The summed E-state index contributed by atoms with van der Waals surface area (Å²) in [5.74, 6) is 0.338. The van der Waals surface area contributed by atoms with Crippen molar-refractivity contribution in [1.82, 2.24) is 0 Å². The molecule has 0 unspecified atom stereocenters. The number of quaternary nitrogens is 1. The number of ketones is 2. The predicted molar refractivity (Wildman–Crippen MR) is 97.2 cm³/mol. The summed E-state index contributed by atoms with van der Waals surface area (Å²) < 4.78 is 0.733. The van der Waals surface area contributed by atoms with Crippen LogP contribution in [0.1, 0.15) is 40.5 Å². The summed E-state index contributed by atoms with van der Waals surface area (Å²) in [5, 5.41) is 0. The van der Waals surface area contributed by atoms with Crippen molar-refractivity contribution >= 4 is 11.6 Å². The van der Waals surface area contributed by atoms with Crippen LogP contribution < -0.4 is 0 Å². The lowest BCUT2D eigenvalue weighted by Gasteiger charge is -2.33. The molecule has 0 saturated carbocycles. The first-order valence-electron chi connectivity index (χ1n) is 8.54. The largest absolute Gasteiger partial charge is 0.326 e. The van der Waals surface area contributed by atoms with Gasteiger partial charge >= 0.3 is 0 Å². The molecule has 0 aliphatic rings. The lowest BCUT2D eigenvalue weighted by Crippen LogP contribution is -2.46. The molecule has 2 aromatic rings. The summed E-state index contributed by atoms with van der Waals surface area (Å²) in [6.45, 7) is 4.53. The van der Waals surface area contributed by atoms with Crippen LogP contribution in [0.2, 0.25) is 0 Å². The van der Waals surface area contributed by atoms with Crippen molar-refractivity contribution in [2.75, 3.05) is 26.7 Å². The van der Waals surface area contributed by atoms with Crippen LogP contribution in [0.5, 0.6) is 0 Å². The maximum Gasteiger partial charge on any atom is 0.168 e. The van der Waals surface area contributed by atoms with Crippen molar-refractivity contribution in [2.24, 2.45) is 0 Å². The molecule has 3 heteroatoms. The average Bonchev–Trinajstić information content (AvgIpc) is 2.65. The van der Waals surface area contributed by atoms with Crippen molar-refractivity contribution < 1.29 is 14.1 Å². The Morgan fingerprint density at radius 3 is 1.46 bits per heavy atom. The quantitative estimate of drug-likeness (QED) is 0.516. The second kappa shape index (κ2) is 8.55. The van der Waals surface area contributed by atoms with Crippen molar-refractivity contribution in [3.05, 3.63) is 71.8 Å². The van der Waals surface area contributed by atoms with Gasteiger partial charge in [0.2, 0.25) is 0 Å². The van der Waals surface area contributed by atoms with E-state index in [0.29, 0.717) is 12.8 Å². The molecule has 2 aromatic carbocycles. The van der Waals surface area contributed by atoms with Gasteiger partial charge in [0.25, 0.3) is 0 Å². The number of carbonyl (C=O) groups is 2. The molecule has 0 N–H and O–H groups in total. The highest BCUT2D eigenvalue weighted by Gasteiger charge is 2.22. The van der Waals surface area contributed by atoms with E-state index in [1.54, 1.807) is 0 Å². The monoisotopic (exact) mass is 324 g/mol. The van der Waals surface area contributed by atoms with Crippen molar-refractivity contribution in [1.29, 1.82) is 0 Å². The Morgan fingerprint density at radius 2 is 1.12 bits per heavy atom. The molecule has 3 nitrogen and oxygen atoms in total. The van der Waals surface area contributed by atoms with Gasteiger partial charge in [-0.25, -0.2) is 0 Å². The molecule has 24 heavy (non-hydrogen) atoms. The van der Waals surface area contributed by atoms with Gasteiger partial charge in [-0.05, 0) is 6.92 Å². The third-order valence-corrected chi connectivity index (χ3v) is 4.71. The third-order valence-electron chi connectivity index (χ3n) is 4.71. The topological polar surface area (TPSA) is 34.1 Å². The Morgan fingerprint density at radius 1 is 0.750 bits per heavy atom. The van der Waals surface area contributed by atoms with Gasteiger partial charge in [-0.1, -0.05) is 60.7 Å². The Balaban J connectivity index is 1.89. The summed E-state index contributed by atoms with van der Waals surface area (Å²) in [7, 11) is 2.12. The van der Waals surface area contributed by atoms with E-state index >= 15 is 0 Å². The standard InChI is InChI=1S/C21H26NO2/c1-3-22(2,16-14-20(23)18-10-6-4-7-11-18)17-15-21(24)19-12-8-5-9-13-19/h4-13H,3,14-17H2,1-2H3/q+1. The minimum absolute atomic E-state index is 0.169. The summed E-state index contributed by atoms with van der Waals surface area (Å²) in [4.78, 5) is 24.6. The van der Waals surface area contributed by atoms with Gasteiger partial charge in [0.05, 0.1) is 39.5 Å². The second-order valence-electron chi connectivity index (χ2n) is 6.46. The molecule has 0 aromatic heterocycles. The molecular formula is C21H26NO2+. The van der Waals surface area contributed by atoms with Crippen LogP contribution in [0.4, 0.5) is 0 Å². The van der Waals surface area contributed by atoms with Gasteiger partial charge in [-0.3, -0.25) is 9.59 Å². The number of benzene rings is 2. The van der Waals surface area contributed by atoms with E-state index in [0.717, 1.165) is 35.2 Å². The number of nitrogens with zero attached hydrogens (tertiary/aromatic N) is 1. The first-order chi connectivity index (χ1) is 11.5. The van der Waals surface area contributed by atoms with Gasteiger partial charge in [0.15, 0.2) is 11.6 Å². The summed E-state index contributed by atoms with van der Waals surface area (Å²) in [6.07, 6.45) is 1.02. The van der Waals surface area contributed by atoms with Gasteiger partial charge in [0, 0.05) is 11.1 Å². The van der Waals surface area contributed by atoms with Crippen LogP contribution in [-0.4, -0.2) is 42.7 Å². The minimum atomic E-state index is 0.169. The van der Waals surface area contributed by atoms with Crippen molar-refractivity contribution in [3.63, 3.8) is 0 Å². The maximum absolute atomic E-state index is 12.3. The van der Waals surface area contributed by atoms with E-state index in [1.807, 2.05) is 60.7 Å². The lowest BCUT2D eigenvalue weighted by atomic mass is 10.1. The summed E-state index contributed by atoms with van der Waals surface area (Å²) in [5.41, 5.74) is 1.53.